The molecule has 2 amide bonds. The standard InChI is InChI=1S/C19H19ClIN3O2/c1-13(25)23-8-10-24(11-9-23)18-16(20)6-3-7-17(18)22-19(26)14-4-2-5-15(21)12-14/h2-7,12H,8-11H2,1H3,(H,22,26). The molecule has 136 valence electrons. The molecule has 0 atom stereocenters. The highest BCUT2D eigenvalue weighted by molar-refractivity contribution is 14.1. The van der Waals surface area contributed by atoms with Gasteiger partial charge in [-0.3, -0.25) is 9.59 Å². The van der Waals surface area contributed by atoms with E-state index in [0.717, 1.165) is 9.26 Å². The summed E-state index contributed by atoms with van der Waals surface area (Å²) >= 11 is 8.62. The first-order valence-corrected chi connectivity index (χ1v) is 9.77. The summed E-state index contributed by atoms with van der Waals surface area (Å²) in [4.78, 5) is 28.1. The Hall–Kier alpha value is -1.80. The van der Waals surface area contributed by atoms with E-state index in [0.29, 0.717) is 42.5 Å². The van der Waals surface area contributed by atoms with Crippen LogP contribution in [0.4, 0.5) is 11.4 Å². The number of para-hydroxylation sites is 1. The zero-order valence-corrected chi connectivity index (χ0v) is 17.3. The SMILES string of the molecule is CC(=O)N1CCN(c2c(Cl)cccc2NC(=O)c2cccc(I)c2)CC1. The summed E-state index contributed by atoms with van der Waals surface area (Å²) < 4.78 is 1.00. The van der Waals surface area contributed by atoms with Crippen LogP contribution < -0.4 is 10.2 Å². The van der Waals surface area contributed by atoms with E-state index >= 15 is 0 Å². The molecule has 1 saturated heterocycles. The van der Waals surface area contributed by atoms with Crippen LogP contribution >= 0.6 is 34.2 Å². The van der Waals surface area contributed by atoms with Crippen molar-refractivity contribution in [1.29, 1.82) is 0 Å². The summed E-state index contributed by atoms with van der Waals surface area (Å²) in [7, 11) is 0. The van der Waals surface area contributed by atoms with E-state index in [2.05, 4.69) is 32.8 Å². The third-order valence-electron chi connectivity index (χ3n) is 4.36. The lowest BCUT2D eigenvalue weighted by Gasteiger charge is -2.37. The maximum absolute atomic E-state index is 12.6. The highest BCUT2D eigenvalue weighted by Crippen LogP contribution is 2.35. The van der Waals surface area contributed by atoms with Crippen LogP contribution in [-0.2, 0) is 4.79 Å². The molecule has 0 aliphatic carbocycles. The van der Waals surface area contributed by atoms with Crippen molar-refractivity contribution < 1.29 is 9.59 Å². The van der Waals surface area contributed by atoms with Crippen molar-refractivity contribution in [3.05, 3.63) is 56.6 Å². The van der Waals surface area contributed by atoms with E-state index < -0.39 is 0 Å². The summed E-state index contributed by atoms with van der Waals surface area (Å²) in [6.45, 7) is 4.22. The minimum absolute atomic E-state index is 0.0796. The molecule has 1 heterocycles. The molecular weight excluding hydrogens is 465 g/mol. The molecule has 3 rings (SSSR count). The van der Waals surface area contributed by atoms with E-state index in [1.165, 1.54) is 0 Å². The Morgan fingerprint density at radius 1 is 1.08 bits per heavy atom. The van der Waals surface area contributed by atoms with Crippen LogP contribution in [-0.4, -0.2) is 42.9 Å². The molecule has 0 spiro atoms. The van der Waals surface area contributed by atoms with E-state index in [-0.39, 0.29) is 11.8 Å². The zero-order chi connectivity index (χ0) is 18.7. The van der Waals surface area contributed by atoms with Gasteiger partial charge < -0.3 is 15.1 Å². The molecule has 0 aromatic heterocycles. The quantitative estimate of drug-likeness (QED) is 0.675. The molecule has 0 radical (unpaired) electrons. The average Bonchev–Trinajstić information content (AvgIpc) is 2.62. The monoisotopic (exact) mass is 483 g/mol. The Labute approximate surface area is 171 Å². The van der Waals surface area contributed by atoms with Gasteiger partial charge in [0.1, 0.15) is 0 Å². The molecule has 1 N–H and O–H groups in total. The van der Waals surface area contributed by atoms with Gasteiger partial charge >= 0.3 is 0 Å². The number of benzene rings is 2. The van der Waals surface area contributed by atoms with E-state index in [9.17, 15) is 9.59 Å². The Balaban J connectivity index is 1.82. The van der Waals surface area contributed by atoms with Crippen LogP contribution in [0.2, 0.25) is 5.02 Å². The second-order valence-corrected chi connectivity index (χ2v) is 7.75. The topological polar surface area (TPSA) is 52.7 Å². The molecule has 0 unspecified atom stereocenters. The van der Waals surface area contributed by atoms with Gasteiger partial charge in [0.2, 0.25) is 5.91 Å². The van der Waals surface area contributed by atoms with Gasteiger partial charge in [-0.25, -0.2) is 0 Å². The van der Waals surface area contributed by atoms with Crippen molar-refractivity contribution in [3.63, 3.8) is 0 Å². The molecule has 1 aliphatic rings. The average molecular weight is 484 g/mol. The lowest BCUT2D eigenvalue weighted by atomic mass is 10.1. The van der Waals surface area contributed by atoms with Crippen molar-refractivity contribution in [1.82, 2.24) is 4.90 Å². The van der Waals surface area contributed by atoms with Gasteiger partial charge in [0.25, 0.3) is 5.91 Å². The number of carbonyl (C=O) groups is 2. The van der Waals surface area contributed by atoms with Gasteiger partial charge in [0, 0.05) is 42.2 Å². The van der Waals surface area contributed by atoms with Crippen LogP contribution in [0, 0.1) is 3.57 Å². The molecule has 26 heavy (non-hydrogen) atoms. The molecular formula is C19H19ClIN3O2. The van der Waals surface area contributed by atoms with E-state index in [1.54, 1.807) is 13.0 Å². The third kappa shape index (κ3) is 4.29. The van der Waals surface area contributed by atoms with Gasteiger partial charge in [0.05, 0.1) is 16.4 Å². The number of hydrogen-bond donors (Lipinski definition) is 1. The van der Waals surface area contributed by atoms with Crippen LogP contribution in [0.5, 0.6) is 0 Å². The maximum atomic E-state index is 12.6. The Bertz CT molecular complexity index is 835. The summed E-state index contributed by atoms with van der Waals surface area (Å²) in [5.74, 6) is -0.0922. The summed E-state index contributed by atoms with van der Waals surface area (Å²) in [6, 6.07) is 12.9. The van der Waals surface area contributed by atoms with Gasteiger partial charge in [-0.15, -0.1) is 0 Å². The van der Waals surface area contributed by atoms with Crippen LogP contribution in [0.15, 0.2) is 42.5 Å². The Kier molecular flexibility index (Phi) is 6.03. The van der Waals surface area contributed by atoms with Crippen LogP contribution in [0.3, 0.4) is 0 Å². The smallest absolute Gasteiger partial charge is 0.255 e. The summed E-state index contributed by atoms with van der Waals surface area (Å²) in [5, 5.41) is 3.56. The van der Waals surface area contributed by atoms with E-state index in [4.69, 9.17) is 11.6 Å². The number of halogens is 2. The predicted octanol–water partition coefficient (Wildman–Crippen LogP) is 3.87. The molecule has 0 bridgehead atoms. The van der Waals surface area contributed by atoms with Gasteiger partial charge in [0.15, 0.2) is 0 Å². The third-order valence-corrected chi connectivity index (χ3v) is 5.34. The largest absolute Gasteiger partial charge is 0.365 e. The minimum Gasteiger partial charge on any atom is -0.365 e. The number of anilines is 2. The fourth-order valence-electron chi connectivity index (χ4n) is 3.01. The van der Waals surface area contributed by atoms with Gasteiger partial charge in [-0.05, 0) is 52.9 Å². The molecule has 2 aromatic carbocycles. The van der Waals surface area contributed by atoms with Gasteiger partial charge in [-0.1, -0.05) is 23.7 Å². The zero-order valence-electron chi connectivity index (χ0n) is 14.3. The second-order valence-electron chi connectivity index (χ2n) is 6.09. The Morgan fingerprint density at radius 3 is 2.42 bits per heavy atom. The summed E-state index contributed by atoms with van der Waals surface area (Å²) in [6.07, 6.45) is 0. The highest BCUT2D eigenvalue weighted by Gasteiger charge is 2.23. The molecule has 2 aromatic rings. The van der Waals surface area contributed by atoms with Crippen molar-refractivity contribution in [2.75, 3.05) is 36.4 Å². The minimum atomic E-state index is -0.172. The maximum Gasteiger partial charge on any atom is 0.255 e. The number of rotatable bonds is 3. The van der Waals surface area contributed by atoms with Crippen LogP contribution in [0.1, 0.15) is 17.3 Å². The first-order chi connectivity index (χ1) is 12.5. The lowest BCUT2D eigenvalue weighted by molar-refractivity contribution is -0.129. The first kappa shape index (κ1) is 19.0. The number of nitrogens with zero attached hydrogens (tertiary/aromatic N) is 2. The molecule has 1 fully saturated rings. The number of carbonyl (C=O) groups excluding carboxylic acids is 2. The normalized spacial score (nSPS) is 14.3. The summed E-state index contributed by atoms with van der Waals surface area (Å²) in [5.41, 5.74) is 2.08. The van der Waals surface area contributed by atoms with Gasteiger partial charge in [-0.2, -0.15) is 0 Å². The second kappa shape index (κ2) is 8.26. The number of piperazine rings is 1. The molecule has 7 heteroatoms. The number of amides is 2. The highest BCUT2D eigenvalue weighted by atomic mass is 127. The fourth-order valence-corrected chi connectivity index (χ4v) is 3.84. The van der Waals surface area contributed by atoms with Crippen molar-refractivity contribution in [2.45, 2.75) is 6.92 Å². The molecule has 1 aliphatic heterocycles. The van der Waals surface area contributed by atoms with Crippen molar-refractivity contribution >= 4 is 57.4 Å². The number of nitrogens with one attached hydrogen (secondary N) is 1. The van der Waals surface area contributed by atoms with Crippen LogP contribution in [0.25, 0.3) is 0 Å². The fraction of sp³-hybridized carbons (Fsp3) is 0.263. The number of hydrogen-bond acceptors (Lipinski definition) is 3. The van der Waals surface area contributed by atoms with Crippen molar-refractivity contribution in [3.8, 4) is 0 Å². The predicted molar refractivity (Wildman–Crippen MR) is 113 cm³/mol. The first-order valence-electron chi connectivity index (χ1n) is 8.31. The molecule has 5 nitrogen and oxygen atoms in total. The molecule has 0 saturated carbocycles. The Morgan fingerprint density at radius 2 is 1.77 bits per heavy atom. The van der Waals surface area contributed by atoms with E-state index in [1.807, 2.05) is 41.3 Å². The van der Waals surface area contributed by atoms with Crippen molar-refractivity contribution in [2.24, 2.45) is 0 Å². The lowest BCUT2D eigenvalue weighted by Crippen LogP contribution is -2.48.